The number of nitrogens with one attached hydrogen (secondary N) is 1. The molecule has 1 heterocycles. The van der Waals surface area contributed by atoms with Crippen molar-refractivity contribution in [2.75, 3.05) is 0 Å². The molecule has 0 aromatic carbocycles. The van der Waals surface area contributed by atoms with Gasteiger partial charge < -0.3 is 0 Å². The fourth-order valence-electron chi connectivity index (χ4n) is 1.99. The molecule has 0 amide bonds. The molecule has 0 saturated heterocycles. The lowest BCUT2D eigenvalue weighted by Gasteiger charge is -2.19. The predicted molar refractivity (Wildman–Crippen MR) is 49.5 cm³/mol. The van der Waals surface area contributed by atoms with E-state index in [0.29, 0.717) is 0 Å². The molecule has 1 N–H and O–H groups in total. The van der Waals surface area contributed by atoms with E-state index in [9.17, 15) is 4.79 Å². The fraction of sp³-hybridized carbons (Fsp3) is 0.600. The van der Waals surface area contributed by atoms with Crippen molar-refractivity contribution in [1.82, 2.24) is 10.2 Å². The van der Waals surface area contributed by atoms with E-state index in [1.54, 1.807) is 12.4 Å². The number of carbonyl (C=O) groups excluding carboxylic acids is 1. The van der Waals surface area contributed by atoms with Crippen molar-refractivity contribution in [2.45, 2.75) is 32.1 Å². The third-order valence-electron chi connectivity index (χ3n) is 2.76. The van der Waals surface area contributed by atoms with E-state index in [2.05, 4.69) is 10.2 Å². The second kappa shape index (κ2) is 3.73. The van der Waals surface area contributed by atoms with Gasteiger partial charge in [-0.25, -0.2) is 0 Å². The van der Waals surface area contributed by atoms with E-state index in [-0.39, 0.29) is 11.7 Å². The Morgan fingerprint density at radius 3 is 2.77 bits per heavy atom. The lowest BCUT2D eigenvalue weighted by Crippen LogP contribution is -2.17. The van der Waals surface area contributed by atoms with Gasteiger partial charge in [-0.2, -0.15) is 5.10 Å². The van der Waals surface area contributed by atoms with Gasteiger partial charge in [-0.05, 0) is 12.8 Å². The summed E-state index contributed by atoms with van der Waals surface area (Å²) in [5.41, 5.74) is 0.743. The smallest absolute Gasteiger partial charge is 0.169 e. The number of carbonyl (C=O) groups is 1. The Labute approximate surface area is 77.5 Å². The molecule has 3 heteroatoms. The van der Waals surface area contributed by atoms with Gasteiger partial charge in [-0.3, -0.25) is 9.89 Å². The molecule has 1 fully saturated rings. The SMILES string of the molecule is O=C(c1cn[nH]c1)C1CCCCC1. The van der Waals surface area contributed by atoms with Gasteiger partial charge in [0.15, 0.2) is 5.78 Å². The molecule has 0 bridgehead atoms. The largest absolute Gasteiger partial charge is 0.294 e. The van der Waals surface area contributed by atoms with E-state index in [0.717, 1.165) is 18.4 Å². The summed E-state index contributed by atoms with van der Waals surface area (Å²) in [4.78, 5) is 11.8. The maximum absolute atomic E-state index is 11.8. The Balaban J connectivity index is 2.04. The number of Topliss-reactive ketones (excluding diaryl/α,β-unsaturated/α-hetero) is 1. The summed E-state index contributed by atoms with van der Waals surface area (Å²) in [6.45, 7) is 0. The Bertz CT molecular complexity index is 273. The number of hydrogen-bond donors (Lipinski definition) is 1. The van der Waals surface area contributed by atoms with Crippen molar-refractivity contribution < 1.29 is 4.79 Å². The topological polar surface area (TPSA) is 45.8 Å². The monoisotopic (exact) mass is 178 g/mol. The molecule has 13 heavy (non-hydrogen) atoms. The Morgan fingerprint density at radius 2 is 2.15 bits per heavy atom. The Hall–Kier alpha value is -1.12. The van der Waals surface area contributed by atoms with Crippen LogP contribution >= 0.6 is 0 Å². The van der Waals surface area contributed by atoms with Crippen molar-refractivity contribution >= 4 is 5.78 Å². The lowest BCUT2D eigenvalue weighted by atomic mass is 9.84. The third kappa shape index (κ3) is 1.79. The zero-order valence-electron chi connectivity index (χ0n) is 7.62. The first kappa shape index (κ1) is 8.48. The van der Waals surface area contributed by atoms with E-state index < -0.39 is 0 Å². The lowest BCUT2D eigenvalue weighted by molar-refractivity contribution is 0.0889. The summed E-state index contributed by atoms with van der Waals surface area (Å²) in [6, 6.07) is 0. The standard InChI is InChI=1S/C10H14N2O/c13-10(9-6-11-12-7-9)8-4-2-1-3-5-8/h6-8H,1-5H2,(H,11,12). The van der Waals surface area contributed by atoms with Gasteiger partial charge in [0.1, 0.15) is 0 Å². The van der Waals surface area contributed by atoms with Crippen molar-refractivity contribution in [3.63, 3.8) is 0 Å². The molecule has 0 aliphatic heterocycles. The second-order valence-corrected chi connectivity index (χ2v) is 3.69. The molecule has 2 rings (SSSR count). The van der Waals surface area contributed by atoms with Crippen molar-refractivity contribution in [3.8, 4) is 0 Å². The summed E-state index contributed by atoms with van der Waals surface area (Å²) in [5, 5.41) is 6.47. The van der Waals surface area contributed by atoms with Crippen LogP contribution in [0.1, 0.15) is 42.5 Å². The highest BCUT2D eigenvalue weighted by Gasteiger charge is 2.22. The van der Waals surface area contributed by atoms with Crippen molar-refractivity contribution in [2.24, 2.45) is 5.92 Å². The minimum Gasteiger partial charge on any atom is -0.294 e. The van der Waals surface area contributed by atoms with Gasteiger partial charge in [-0.1, -0.05) is 19.3 Å². The number of aromatic nitrogens is 2. The highest BCUT2D eigenvalue weighted by molar-refractivity contribution is 5.97. The molecule has 0 radical (unpaired) electrons. The first-order chi connectivity index (χ1) is 6.38. The van der Waals surface area contributed by atoms with Gasteiger partial charge >= 0.3 is 0 Å². The average molecular weight is 178 g/mol. The van der Waals surface area contributed by atoms with Gasteiger partial charge in [-0.15, -0.1) is 0 Å². The van der Waals surface area contributed by atoms with Crippen LogP contribution in [0, 0.1) is 5.92 Å². The van der Waals surface area contributed by atoms with Gasteiger partial charge in [0, 0.05) is 12.1 Å². The van der Waals surface area contributed by atoms with Crippen LogP contribution in [0.4, 0.5) is 0 Å². The van der Waals surface area contributed by atoms with Gasteiger partial charge in [0.25, 0.3) is 0 Å². The van der Waals surface area contributed by atoms with Crippen LogP contribution in [-0.2, 0) is 0 Å². The molecule has 0 atom stereocenters. The van der Waals surface area contributed by atoms with E-state index in [1.807, 2.05) is 0 Å². The Kier molecular flexibility index (Phi) is 2.43. The second-order valence-electron chi connectivity index (χ2n) is 3.69. The number of ketones is 1. The van der Waals surface area contributed by atoms with E-state index in [1.165, 1.54) is 19.3 Å². The molecule has 0 spiro atoms. The third-order valence-corrected chi connectivity index (χ3v) is 2.76. The van der Waals surface area contributed by atoms with E-state index >= 15 is 0 Å². The van der Waals surface area contributed by atoms with Crippen LogP contribution in [0.3, 0.4) is 0 Å². The minimum atomic E-state index is 0.256. The number of rotatable bonds is 2. The van der Waals surface area contributed by atoms with Crippen LogP contribution in [0.2, 0.25) is 0 Å². The first-order valence-electron chi connectivity index (χ1n) is 4.91. The quantitative estimate of drug-likeness (QED) is 0.705. The molecular weight excluding hydrogens is 164 g/mol. The van der Waals surface area contributed by atoms with Crippen LogP contribution in [0.5, 0.6) is 0 Å². The number of H-pyrrole nitrogens is 1. The number of hydrogen-bond acceptors (Lipinski definition) is 2. The predicted octanol–water partition coefficient (Wildman–Crippen LogP) is 2.17. The summed E-state index contributed by atoms with van der Waals surface area (Å²) < 4.78 is 0. The van der Waals surface area contributed by atoms with Crippen LogP contribution in [-0.4, -0.2) is 16.0 Å². The molecule has 1 aromatic rings. The van der Waals surface area contributed by atoms with Crippen LogP contribution < -0.4 is 0 Å². The van der Waals surface area contributed by atoms with E-state index in [4.69, 9.17) is 0 Å². The van der Waals surface area contributed by atoms with Crippen molar-refractivity contribution in [3.05, 3.63) is 18.0 Å². The maximum Gasteiger partial charge on any atom is 0.169 e. The summed E-state index contributed by atoms with van der Waals surface area (Å²) in [7, 11) is 0. The van der Waals surface area contributed by atoms with Gasteiger partial charge in [0.2, 0.25) is 0 Å². The number of nitrogens with zero attached hydrogens (tertiary/aromatic N) is 1. The van der Waals surface area contributed by atoms with Gasteiger partial charge in [0.05, 0.1) is 11.8 Å². The highest BCUT2D eigenvalue weighted by atomic mass is 16.1. The fourth-order valence-corrected chi connectivity index (χ4v) is 1.99. The zero-order valence-corrected chi connectivity index (χ0v) is 7.62. The molecule has 3 nitrogen and oxygen atoms in total. The number of aromatic amines is 1. The van der Waals surface area contributed by atoms with Crippen LogP contribution in [0.15, 0.2) is 12.4 Å². The first-order valence-corrected chi connectivity index (χ1v) is 4.91. The summed E-state index contributed by atoms with van der Waals surface area (Å²) in [5.74, 6) is 0.528. The normalized spacial score (nSPS) is 18.8. The molecule has 1 saturated carbocycles. The molecule has 1 aliphatic carbocycles. The zero-order chi connectivity index (χ0) is 9.10. The van der Waals surface area contributed by atoms with Crippen molar-refractivity contribution in [1.29, 1.82) is 0 Å². The molecule has 0 unspecified atom stereocenters. The minimum absolute atomic E-state index is 0.256. The molecule has 1 aromatic heterocycles. The maximum atomic E-state index is 11.8. The highest BCUT2D eigenvalue weighted by Crippen LogP contribution is 2.26. The average Bonchev–Trinajstić information content (AvgIpc) is 2.71. The Morgan fingerprint density at radius 1 is 1.38 bits per heavy atom. The summed E-state index contributed by atoms with van der Waals surface area (Å²) in [6.07, 6.45) is 9.12. The van der Waals surface area contributed by atoms with Crippen LogP contribution in [0.25, 0.3) is 0 Å². The molecule has 70 valence electrons. The summed E-state index contributed by atoms with van der Waals surface area (Å²) >= 11 is 0. The molecule has 1 aliphatic rings. The molecular formula is C10H14N2O.